The molecule has 3 nitrogen and oxygen atoms in total. The number of nitrogens with zero attached hydrogens (tertiary/aromatic N) is 1. The molecule has 8 heteroatoms. The average molecular weight is 338 g/mol. The van der Waals surface area contributed by atoms with Gasteiger partial charge >= 0.3 is 0 Å². The number of sulfonamides is 1. The van der Waals surface area contributed by atoms with Crippen LogP contribution < -0.4 is 0 Å². The number of halogens is 3. The van der Waals surface area contributed by atoms with Crippen LogP contribution in [0, 0.1) is 11.6 Å². The van der Waals surface area contributed by atoms with Crippen LogP contribution in [0.4, 0.5) is 8.78 Å². The fourth-order valence-corrected chi connectivity index (χ4v) is 4.42. The molecule has 2 rings (SSSR count). The highest BCUT2D eigenvalue weighted by Crippen LogP contribution is 2.28. The highest BCUT2D eigenvalue weighted by atomic mass is 35.5. The van der Waals surface area contributed by atoms with Gasteiger partial charge in [-0.2, -0.15) is 4.31 Å². The smallest absolute Gasteiger partial charge is 0.206 e. The van der Waals surface area contributed by atoms with Crippen molar-refractivity contribution in [3.8, 4) is 0 Å². The van der Waals surface area contributed by atoms with E-state index in [-0.39, 0.29) is 10.8 Å². The number of rotatable bonds is 4. The molecule has 0 atom stereocenters. The summed E-state index contributed by atoms with van der Waals surface area (Å²) in [5.74, 6) is -1.98. The summed E-state index contributed by atoms with van der Waals surface area (Å²) in [6.45, 7) is -0.0605. The van der Waals surface area contributed by atoms with Crippen LogP contribution in [0.2, 0.25) is 4.34 Å². The molecule has 108 valence electrons. The zero-order valence-corrected chi connectivity index (χ0v) is 12.7. The van der Waals surface area contributed by atoms with Crippen LogP contribution >= 0.6 is 22.9 Å². The van der Waals surface area contributed by atoms with Crippen LogP contribution in [0.15, 0.2) is 34.5 Å². The number of thiophene rings is 1. The van der Waals surface area contributed by atoms with E-state index in [2.05, 4.69) is 0 Å². The minimum Gasteiger partial charge on any atom is -0.206 e. The summed E-state index contributed by atoms with van der Waals surface area (Å²) in [4.78, 5) is 0. The van der Waals surface area contributed by atoms with Crippen molar-refractivity contribution in [1.29, 1.82) is 0 Å². The molecule has 20 heavy (non-hydrogen) atoms. The van der Waals surface area contributed by atoms with E-state index in [9.17, 15) is 17.2 Å². The molecular weight excluding hydrogens is 328 g/mol. The van der Waals surface area contributed by atoms with Crippen molar-refractivity contribution in [2.45, 2.75) is 10.8 Å². The highest BCUT2D eigenvalue weighted by molar-refractivity contribution is 7.91. The van der Waals surface area contributed by atoms with E-state index in [0.717, 1.165) is 27.8 Å². The normalized spacial score (nSPS) is 12.1. The molecule has 0 fully saturated rings. The van der Waals surface area contributed by atoms with Gasteiger partial charge in [0.05, 0.1) is 4.34 Å². The fourth-order valence-electron chi connectivity index (χ4n) is 1.57. The Morgan fingerprint density at radius 1 is 1.20 bits per heavy atom. The SMILES string of the molecule is CN(Cc1ccc(F)c(F)c1)S(=O)(=O)c1ccc(Cl)s1. The third kappa shape index (κ3) is 3.17. The maximum atomic E-state index is 13.1. The van der Waals surface area contributed by atoms with E-state index >= 15 is 0 Å². The first kappa shape index (κ1) is 15.4. The van der Waals surface area contributed by atoms with Crippen LogP contribution in [0.3, 0.4) is 0 Å². The molecule has 0 aliphatic rings. The minimum absolute atomic E-state index is 0.0605. The summed E-state index contributed by atoms with van der Waals surface area (Å²) in [5, 5.41) is 0. The Labute approximate surface area is 124 Å². The molecule has 0 saturated heterocycles. The predicted molar refractivity (Wildman–Crippen MR) is 74.3 cm³/mol. The van der Waals surface area contributed by atoms with Gasteiger partial charge in [-0.3, -0.25) is 0 Å². The summed E-state index contributed by atoms with van der Waals surface area (Å²) < 4.78 is 51.9. The fraction of sp³-hybridized carbons (Fsp3) is 0.167. The van der Waals surface area contributed by atoms with Crippen LogP contribution in [-0.4, -0.2) is 19.8 Å². The maximum Gasteiger partial charge on any atom is 0.252 e. The molecule has 0 aliphatic heterocycles. The predicted octanol–water partition coefficient (Wildman–Crippen LogP) is 3.50. The van der Waals surface area contributed by atoms with Gasteiger partial charge in [-0.1, -0.05) is 17.7 Å². The molecule has 0 N–H and O–H groups in total. The van der Waals surface area contributed by atoms with Gasteiger partial charge in [-0.05, 0) is 29.8 Å². The van der Waals surface area contributed by atoms with Crippen molar-refractivity contribution in [3.63, 3.8) is 0 Å². The van der Waals surface area contributed by atoms with Gasteiger partial charge in [0, 0.05) is 13.6 Å². The molecule has 0 aliphatic carbocycles. The lowest BCUT2D eigenvalue weighted by atomic mass is 10.2. The van der Waals surface area contributed by atoms with E-state index in [1.54, 1.807) is 0 Å². The second-order valence-corrected chi connectivity index (χ2v) is 8.05. The van der Waals surface area contributed by atoms with E-state index in [1.165, 1.54) is 25.2 Å². The molecular formula is C12H10ClF2NO2S2. The summed E-state index contributed by atoms with van der Waals surface area (Å²) >= 11 is 6.65. The van der Waals surface area contributed by atoms with Crippen molar-refractivity contribution in [2.24, 2.45) is 0 Å². The van der Waals surface area contributed by atoms with Crippen LogP contribution in [0.5, 0.6) is 0 Å². The highest BCUT2D eigenvalue weighted by Gasteiger charge is 2.23. The monoisotopic (exact) mass is 337 g/mol. The molecule has 1 aromatic carbocycles. The Morgan fingerprint density at radius 3 is 2.45 bits per heavy atom. The van der Waals surface area contributed by atoms with E-state index in [0.29, 0.717) is 9.90 Å². The molecule has 0 unspecified atom stereocenters. The summed E-state index contributed by atoms with van der Waals surface area (Å²) in [7, 11) is -2.32. The molecule has 0 bridgehead atoms. The van der Waals surface area contributed by atoms with E-state index in [4.69, 9.17) is 11.6 Å². The Hall–Kier alpha value is -1.02. The summed E-state index contributed by atoms with van der Waals surface area (Å²) in [6.07, 6.45) is 0. The molecule has 1 aromatic heterocycles. The van der Waals surface area contributed by atoms with Crippen molar-refractivity contribution in [3.05, 3.63) is 51.9 Å². The zero-order valence-electron chi connectivity index (χ0n) is 10.3. The molecule has 1 heterocycles. The first-order chi connectivity index (χ1) is 9.30. The number of hydrogen-bond donors (Lipinski definition) is 0. The Kier molecular flexibility index (Phi) is 4.43. The minimum atomic E-state index is -3.69. The van der Waals surface area contributed by atoms with Gasteiger partial charge in [0.2, 0.25) is 0 Å². The Morgan fingerprint density at radius 2 is 1.90 bits per heavy atom. The van der Waals surface area contributed by atoms with E-state index in [1.807, 2.05) is 0 Å². The van der Waals surface area contributed by atoms with Crippen molar-refractivity contribution in [2.75, 3.05) is 7.05 Å². The van der Waals surface area contributed by atoms with Crippen LogP contribution in [-0.2, 0) is 16.6 Å². The third-order valence-electron chi connectivity index (χ3n) is 2.60. The lowest BCUT2D eigenvalue weighted by molar-refractivity contribution is 0.463. The van der Waals surface area contributed by atoms with Gasteiger partial charge in [0.25, 0.3) is 10.0 Å². The largest absolute Gasteiger partial charge is 0.252 e. The van der Waals surface area contributed by atoms with Gasteiger partial charge in [-0.15, -0.1) is 11.3 Å². The average Bonchev–Trinajstić information content (AvgIpc) is 2.81. The Bertz CT molecular complexity index is 731. The zero-order chi connectivity index (χ0) is 14.9. The van der Waals surface area contributed by atoms with Crippen molar-refractivity contribution >= 4 is 33.0 Å². The van der Waals surface area contributed by atoms with Crippen LogP contribution in [0.1, 0.15) is 5.56 Å². The van der Waals surface area contributed by atoms with Gasteiger partial charge in [0.15, 0.2) is 11.6 Å². The Balaban J connectivity index is 2.23. The first-order valence-corrected chi connectivity index (χ1v) is 8.10. The lowest BCUT2D eigenvalue weighted by Gasteiger charge is -2.16. The second-order valence-electron chi connectivity index (χ2n) is 4.07. The molecule has 0 radical (unpaired) electrons. The first-order valence-electron chi connectivity index (χ1n) is 5.46. The standard InChI is InChI=1S/C12H10ClF2NO2S2/c1-16(7-8-2-3-9(14)10(15)6-8)20(17,18)12-5-4-11(13)19-12/h2-6H,7H2,1H3. The second kappa shape index (κ2) is 5.77. The summed E-state index contributed by atoms with van der Waals surface area (Å²) in [5.41, 5.74) is 0.359. The lowest BCUT2D eigenvalue weighted by Crippen LogP contribution is -2.25. The maximum absolute atomic E-state index is 13.1. The van der Waals surface area contributed by atoms with Crippen LogP contribution in [0.25, 0.3) is 0 Å². The number of benzene rings is 1. The molecule has 0 amide bonds. The van der Waals surface area contributed by atoms with E-state index < -0.39 is 21.7 Å². The van der Waals surface area contributed by atoms with Crippen molar-refractivity contribution < 1.29 is 17.2 Å². The quantitative estimate of drug-likeness (QED) is 0.856. The van der Waals surface area contributed by atoms with Gasteiger partial charge in [-0.25, -0.2) is 17.2 Å². The molecule has 0 saturated carbocycles. The van der Waals surface area contributed by atoms with Crippen molar-refractivity contribution in [1.82, 2.24) is 4.31 Å². The molecule has 0 spiro atoms. The third-order valence-corrected chi connectivity index (χ3v) is 6.10. The topological polar surface area (TPSA) is 37.4 Å². The summed E-state index contributed by atoms with van der Waals surface area (Å²) in [6, 6.07) is 6.18. The van der Waals surface area contributed by atoms with Gasteiger partial charge < -0.3 is 0 Å². The number of hydrogen-bond acceptors (Lipinski definition) is 3. The van der Waals surface area contributed by atoms with Gasteiger partial charge in [0.1, 0.15) is 4.21 Å². The molecule has 2 aromatic rings.